The summed E-state index contributed by atoms with van der Waals surface area (Å²) in [6, 6.07) is 30.0. The second-order valence-corrected chi connectivity index (χ2v) is 7.88. The molecule has 0 aliphatic carbocycles. The van der Waals surface area contributed by atoms with E-state index >= 15 is 0 Å². The topological polar surface area (TPSA) is 46.6 Å². The summed E-state index contributed by atoms with van der Waals surface area (Å²) in [6.45, 7) is 2.02. The van der Waals surface area contributed by atoms with Gasteiger partial charge in [-0.25, -0.2) is 0 Å². The van der Waals surface area contributed by atoms with Crippen LogP contribution in [0.1, 0.15) is 36.5 Å². The number of imide groups is 1. The smallest absolute Gasteiger partial charge is 0.253 e. The summed E-state index contributed by atoms with van der Waals surface area (Å²) in [5, 5.41) is 0. The molecule has 32 heavy (non-hydrogen) atoms. The SMILES string of the molecule is C/C=C/C(=O)N1C(=O)CCC1COC(c1ccccc1)(c1ccccc1)c1ccccc1. The maximum Gasteiger partial charge on any atom is 0.253 e. The van der Waals surface area contributed by atoms with Crippen LogP contribution in [0.4, 0.5) is 0 Å². The fraction of sp³-hybridized carbons (Fsp3) is 0.214. The van der Waals surface area contributed by atoms with Crippen LogP contribution in [-0.4, -0.2) is 29.4 Å². The number of amides is 2. The quantitative estimate of drug-likeness (QED) is 0.391. The van der Waals surface area contributed by atoms with E-state index in [9.17, 15) is 9.59 Å². The van der Waals surface area contributed by atoms with E-state index in [1.807, 2.05) is 54.6 Å². The monoisotopic (exact) mass is 425 g/mol. The molecular weight excluding hydrogens is 398 g/mol. The second-order valence-electron chi connectivity index (χ2n) is 7.88. The van der Waals surface area contributed by atoms with Crippen LogP contribution in [0.2, 0.25) is 0 Å². The van der Waals surface area contributed by atoms with Crippen LogP contribution in [-0.2, 0) is 19.9 Å². The third kappa shape index (κ3) is 4.14. The predicted octanol–water partition coefficient (Wildman–Crippen LogP) is 5.09. The van der Waals surface area contributed by atoms with E-state index in [0.29, 0.717) is 12.8 Å². The highest BCUT2D eigenvalue weighted by Crippen LogP contribution is 2.41. The number of ether oxygens (including phenoxy) is 1. The van der Waals surface area contributed by atoms with Gasteiger partial charge in [-0.2, -0.15) is 0 Å². The molecule has 162 valence electrons. The number of nitrogens with zero attached hydrogens (tertiary/aromatic N) is 1. The fourth-order valence-corrected chi connectivity index (χ4v) is 4.42. The van der Waals surface area contributed by atoms with Crippen molar-refractivity contribution in [3.05, 3.63) is 120 Å². The average Bonchev–Trinajstić information content (AvgIpc) is 3.22. The summed E-state index contributed by atoms with van der Waals surface area (Å²) in [5.41, 5.74) is 2.11. The molecule has 1 atom stereocenters. The standard InChI is InChI=1S/C28H27NO3/c1-2-12-26(30)29-25(19-20-27(29)31)21-32-28(22-13-6-3-7-14-22,23-15-8-4-9-16-23)24-17-10-5-11-18-24/h2-18,25H,19-21H2,1H3/b12-2+. The van der Waals surface area contributed by atoms with Crippen molar-refractivity contribution in [3.8, 4) is 0 Å². The molecule has 0 saturated carbocycles. The van der Waals surface area contributed by atoms with Gasteiger partial charge < -0.3 is 4.74 Å². The summed E-state index contributed by atoms with van der Waals surface area (Å²) in [7, 11) is 0. The first-order valence-corrected chi connectivity index (χ1v) is 11.0. The Morgan fingerprint density at radius 3 is 1.81 bits per heavy atom. The first-order valence-electron chi connectivity index (χ1n) is 11.0. The molecule has 0 bridgehead atoms. The third-order valence-corrected chi connectivity index (χ3v) is 5.91. The lowest BCUT2D eigenvalue weighted by Gasteiger charge is -2.37. The summed E-state index contributed by atoms with van der Waals surface area (Å²) in [4.78, 5) is 26.4. The zero-order valence-corrected chi connectivity index (χ0v) is 18.2. The van der Waals surface area contributed by atoms with Gasteiger partial charge in [-0.1, -0.05) is 97.1 Å². The van der Waals surface area contributed by atoms with Crippen LogP contribution in [0.15, 0.2) is 103 Å². The Balaban J connectivity index is 1.78. The van der Waals surface area contributed by atoms with Crippen molar-refractivity contribution in [3.63, 3.8) is 0 Å². The molecule has 4 heteroatoms. The summed E-state index contributed by atoms with van der Waals surface area (Å²) in [6.07, 6.45) is 4.05. The van der Waals surface area contributed by atoms with Gasteiger partial charge in [0.15, 0.2) is 0 Å². The molecule has 1 aliphatic rings. The first kappa shape index (κ1) is 21.7. The molecular formula is C28H27NO3. The molecule has 1 fully saturated rings. The van der Waals surface area contributed by atoms with E-state index in [4.69, 9.17) is 4.74 Å². The lowest BCUT2D eigenvalue weighted by Crippen LogP contribution is -2.43. The Labute approximate surface area is 189 Å². The molecule has 1 heterocycles. The minimum absolute atomic E-state index is 0.147. The number of carbonyl (C=O) groups excluding carboxylic acids is 2. The van der Waals surface area contributed by atoms with Gasteiger partial charge in [0.1, 0.15) is 5.60 Å². The van der Waals surface area contributed by atoms with Crippen LogP contribution < -0.4 is 0 Å². The number of hydrogen-bond donors (Lipinski definition) is 0. The van der Waals surface area contributed by atoms with Crippen molar-refractivity contribution < 1.29 is 14.3 Å². The van der Waals surface area contributed by atoms with Gasteiger partial charge in [-0.15, -0.1) is 0 Å². The van der Waals surface area contributed by atoms with Crippen LogP contribution in [0.3, 0.4) is 0 Å². The summed E-state index contributed by atoms with van der Waals surface area (Å²) in [5.74, 6) is -0.431. The maximum atomic E-state index is 12.6. The summed E-state index contributed by atoms with van der Waals surface area (Å²) >= 11 is 0. The van der Waals surface area contributed by atoms with Gasteiger partial charge in [0.2, 0.25) is 5.91 Å². The van der Waals surface area contributed by atoms with Crippen molar-refractivity contribution in [1.82, 2.24) is 4.90 Å². The summed E-state index contributed by atoms with van der Waals surface area (Å²) < 4.78 is 6.81. The predicted molar refractivity (Wildman–Crippen MR) is 125 cm³/mol. The Morgan fingerprint density at radius 2 is 1.38 bits per heavy atom. The lowest BCUT2D eigenvalue weighted by molar-refractivity contribution is -0.142. The highest BCUT2D eigenvalue weighted by molar-refractivity contribution is 6.02. The van der Waals surface area contributed by atoms with Gasteiger partial charge in [-0.05, 0) is 36.1 Å². The van der Waals surface area contributed by atoms with Crippen molar-refractivity contribution in [2.45, 2.75) is 31.4 Å². The average molecular weight is 426 g/mol. The molecule has 1 unspecified atom stereocenters. The molecule has 1 aliphatic heterocycles. The van der Waals surface area contributed by atoms with E-state index in [-0.39, 0.29) is 24.5 Å². The molecule has 2 amide bonds. The van der Waals surface area contributed by atoms with Crippen molar-refractivity contribution in [1.29, 1.82) is 0 Å². The van der Waals surface area contributed by atoms with Gasteiger partial charge in [0, 0.05) is 6.42 Å². The molecule has 4 nitrogen and oxygen atoms in total. The molecule has 0 N–H and O–H groups in total. The van der Waals surface area contributed by atoms with Gasteiger partial charge in [0.25, 0.3) is 5.91 Å². The molecule has 3 aromatic carbocycles. The molecule has 1 saturated heterocycles. The van der Waals surface area contributed by atoms with Crippen LogP contribution >= 0.6 is 0 Å². The van der Waals surface area contributed by atoms with Crippen molar-refractivity contribution >= 4 is 11.8 Å². The fourth-order valence-electron chi connectivity index (χ4n) is 4.42. The molecule has 0 aromatic heterocycles. The van der Waals surface area contributed by atoms with E-state index in [2.05, 4.69) is 36.4 Å². The Hall–Kier alpha value is -3.50. The Bertz CT molecular complexity index is 981. The van der Waals surface area contributed by atoms with Gasteiger partial charge in [0.05, 0.1) is 12.6 Å². The van der Waals surface area contributed by atoms with Crippen LogP contribution in [0.5, 0.6) is 0 Å². The maximum absolute atomic E-state index is 12.6. The zero-order valence-electron chi connectivity index (χ0n) is 18.2. The zero-order chi connectivity index (χ0) is 22.4. The molecule has 3 aromatic rings. The first-order chi connectivity index (χ1) is 15.7. The number of carbonyl (C=O) groups is 2. The highest BCUT2D eigenvalue weighted by Gasteiger charge is 2.41. The van der Waals surface area contributed by atoms with E-state index in [0.717, 1.165) is 16.7 Å². The number of benzene rings is 3. The van der Waals surface area contributed by atoms with Gasteiger partial charge >= 0.3 is 0 Å². The number of rotatable bonds is 7. The third-order valence-electron chi connectivity index (χ3n) is 5.91. The normalized spacial score (nSPS) is 16.6. The van der Waals surface area contributed by atoms with E-state index < -0.39 is 5.60 Å². The lowest BCUT2D eigenvalue weighted by atomic mass is 9.80. The molecule has 4 rings (SSSR count). The minimum atomic E-state index is -0.870. The Kier molecular flexibility index (Phi) is 6.62. The van der Waals surface area contributed by atoms with E-state index in [1.165, 1.54) is 11.0 Å². The van der Waals surface area contributed by atoms with Gasteiger partial charge in [-0.3, -0.25) is 14.5 Å². The van der Waals surface area contributed by atoms with E-state index in [1.54, 1.807) is 13.0 Å². The van der Waals surface area contributed by atoms with Crippen LogP contribution in [0, 0.1) is 0 Å². The number of hydrogen-bond acceptors (Lipinski definition) is 3. The van der Waals surface area contributed by atoms with Crippen molar-refractivity contribution in [2.75, 3.05) is 6.61 Å². The van der Waals surface area contributed by atoms with Crippen LogP contribution in [0.25, 0.3) is 0 Å². The highest BCUT2D eigenvalue weighted by atomic mass is 16.5. The number of likely N-dealkylation sites (tertiary alicyclic amines) is 1. The minimum Gasteiger partial charge on any atom is -0.359 e. The number of allylic oxidation sites excluding steroid dienone is 1. The van der Waals surface area contributed by atoms with Crippen molar-refractivity contribution in [2.24, 2.45) is 0 Å². The molecule has 0 radical (unpaired) electrons. The second kappa shape index (κ2) is 9.75. The molecule has 0 spiro atoms. The largest absolute Gasteiger partial charge is 0.359 e. The Morgan fingerprint density at radius 1 is 0.906 bits per heavy atom.